The highest BCUT2D eigenvalue weighted by atomic mass is 19.1. The van der Waals surface area contributed by atoms with Gasteiger partial charge in [-0.2, -0.15) is 4.80 Å². The first-order valence-electron chi connectivity index (χ1n) is 12.1. The molecule has 184 valence electrons. The maximum absolute atomic E-state index is 13.6. The third-order valence-corrected chi connectivity index (χ3v) is 6.95. The topological polar surface area (TPSA) is 84.1 Å². The van der Waals surface area contributed by atoms with Crippen molar-refractivity contribution >= 4 is 22.5 Å². The molecule has 2 aliphatic rings. The van der Waals surface area contributed by atoms with Crippen molar-refractivity contribution in [1.82, 2.24) is 39.9 Å². The fourth-order valence-electron chi connectivity index (χ4n) is 4.99. The lowest BCUT2D eigenvalue weighted by atomic mass is 9.98. The van der Waals surface area contributed by atoms with Crippen LogP contribution in [0.2, 0.25) is 0 Å². The first-order chi connectivity index (χ1) is 17.5. The van der Waals surface area contributed by atoms with Crippen LogP contribution >= 0.6 is 0 Å². The van der Waals surface area contributed by atoms with Gasteiger partial charge in [-0.05, 0) is 59.7 Å². The summed E-state index contributed by atoms with van der Waals surface area (Å²) in [6.07, 6.45) is 5.33. The molecule has 0 radical (unpaired) electrons. The largest absolute Gasteiger partial charge is 0.336 e. The van der Waals surface area contributed by atoms with E-state index in [1.165, 1.54) is 22.5 Å². The number of hydrogen-bond donors (Lipinski definition) is 1. The van der Waals surface area contributed by atoms with E-state index in [1.54, 1.807) is 19.2 Å². The van der Waals surface area contributed by atoms with Crippen molar-refractivity contribution < 1.29 is 9.18 Å². The molecule has 36 heavy (non-hydrogen) atoms. The van der Waals surface area contributed by atoms with E-state index in [0.717, 1.165) is 73.4 Å². The molecular weight excluding hydrogens is 459 g/mol. The molecule has 10 heteroatoms. The van der Waals surface area contributed by atoms with Crippen LogP contribution in [0.15, 0.2) is 54.7 Å². The number of fused-ring (bicyclic) bond motifs is 1. The van der Waals surface area contributed by atoms with E-state index in [2.05, 4.69) is 54.6 Å². The number of amides is 2. The van der Waals surface area contributed by atoms with Crippen LogP contribution in [0.4, 0.5) is 9.18 Å². The molecule has 0 aliphatic carbocycles. The van der Waals surface area contributed by atoms with Crippen molar-refractivity contribution in [2.24, 2.45) is 7.05 Å². The molecule has 1 fully saturated rings. The number of carbonyl (C=O) groups excluding carboxylic acids is 1. The van der Waals surface area contributed by atoms with Gasteiger partial charge in [-0.15, -0.1) is 10.2 Å². The fraction of sp³-hybridized carbons (Fsp3) is 0.308. The normalized spacial score (nSPS) is 16.6. The summed E-state index contributed by atoms with van der Waals surface area (Å²) >= 11 is 0. The first-order valence-corrected chi connectivity index (χ1v) is 12.1. The van der Waals surface area contributed by atoms with Gasteiger partial charge >= 0.3 is 6.03 Å². The van der Waals surface area contributed by atoms with E-state index in [9.17, 15) is 9.18 Å². The van der Waals surface area contributed by atoms with Gasteiger partial charge in [0, 0.05) is 67.7 Å². The standard InChI is InChI=1S/C26H27FN8O/c1-32-30-25(29-31-32)19-2-7-24-22(16-19)23(17-35(24)21-5-3-20(27)4-6-21)18-8-11-33(12-9-18)14-15-34-13-10-28-26(34)36/h2-8,16-17H,9-15H2,1H3,(H,28,36). The number of aryl methyl sites for hydroxylation is 1. The molecule has 1 saturated heterocycles. The lowest BCUT2D eigenvalue weighted by molar-refractivity contribution is 0.205. The predicted octanol–water partition coefficient (Wildman–Crippen LogP) is 3.07. The summed E-state index contributed by atoms with van der Waals surface area (Å²) in [6, 6.07) is 12.8. The highest BCUT2D eigenvalue weighted by Crippen LogP contribution is 2.35. The van der Waals surface area contributed by atoms with E-state index in [0.29, 0.717) is 5.82 Å². The Morgan fingerprint density at radius 3 is 2.64 bits per heavy atom. The third kappa shape index (κ3) is 4.24. The second-order valence-electron chi connectivity index (χ2n) is 9.22. The highest BCUT2D eigenvalue weighted by molar-refractivity contribution is 5.96. The SMILES string of the molecule is Cn1nnc(-c2ccc3c(c2)c(C2=CCN(CCN4CCNC4=O)CC2)cn3-c2ccc(F)cc2)n1. The van der Waals surface area contributed by atoms with Gasteiger partial charge in [-0.1, -0.05) is 6.08 Å². The number of hydrogen-bond acceptors (Lipinski definition) is 5. The van der Waals surface area contributed by atoms with E-state index in [4.69, 9.17) is 0 Å². The van der Waals surface area contributed by atoms with Crippen molar-refractivity contribution in [2.45, 2.75) is 6.42 Å². The van der Waals surface area contributed by atoms with Crippen LogP contribution in [0.3, 0.4) is 0 Å². The number of nitrogens with zero attached hydrogens (tertiary/aromatic N) is 7. The van der Waals surface area contributed by atoms with Crippen molar-refractivity contribution in [3.63, 3.8) is 0 Å². The summed E-state index contributed by atoms with van der Waals surface area (Å²) in [5.74, 6) is 0.322. The number of carbonyl (C=O) groups is 1. The van der Waals surface area contributed by atoms with Gasteiger partial charge in [0.25, 0.3) is 0 Å². The van der Waals surface area contributed by atoms with Gasteiger partial charge in [0.05, 0.1) is 12.6 Å². The molecule has 2 aliphatic heterocycles. The molecule has 2 aromatic carbocycles. The molecule has 4 aromatic rings. The predicted molar refractivity (Wildman–Crippen MR) is 135 cm³/mol. The zero-order chi connectivity index (χ0) is 24.6. The summed E-state index contributed by atoms with van der Waals surface area (Å²) in [7, 11) is 1.75. The Bertz CT molecular complexity index is 1450. The van der Waals surface area contributed by atoms with Gasteiger partial charge < -0.3 is 14.8 Å². The molecule has 0 atom stereocenters. The Labute approximate surface area is 207 Å². The van der Waals surface area contributed by atoms with Crippen LogP contribution in [0.1, 0.15) is 12.0 Å². The quantitative estimate of drug-likeness (QED) is 0.453. The molecule has 2 amide bonds. The minimum atomic E-state index is -0.257. The number of halogens is 1. The number of rotatable bonds is 6. The van der Waals surface area contributed by atoms with Gasteiger partial charge in [0.1, 0.15) is 5.82 Å². The minimum Gasteiger partial charge on any atom is -0.336 e. The van der Waals surface area contributed by atoms with Gasteiger partial charge in [0.15, 0.2) is 0 Å². The van der Waals surface area contributed by atoms with E-state index >= 15 is 0 Å². The van der Waals surface area contributed by atoms with Crippen LogP contribution in [0.25, 0.3) is 33.6 Å². The molecule has 4 heterocycles. The van der Waals surface area contributed by atoms with E-state index < -0.39 is 0 Å². The minimum absolute atomic E-state index is 0.0326. The molecule has 9 nitrogen and oxygen atoms in total. The highest BCUT2D eigenvalue weighted by Gasteiger charge is 2.22. The lowest BCUT2D eigenvalue weighted by Crippen LogP contribution is -2.38. The van der Waals surface area contributed by atoms with Crippen LogP contribution in [0, 0.1) is 5.82 Å². The molecule has 6 rings (SSSR count). The summed E-state index contributed by atoms with van der Waals surface area (Å²) in [4.78, 5) is 17.5. The summed E-state index contributed by atoms with van der Waals surface area (Å²) in [6.45, 7) is 4.87. The first kappa shape index (κ1) is 22.4. The average molecular weight is 487 g/mol. The molecule has 0 saturated carbocycles. The van der Waals surface area contributed by atoms with Crippen molar-refractivity contribution in [3.05, 3.63) is 66.1 Å². The third-order valence-electron chi connectivity index (χ3n) is 6.95. The van der Waals surface area contributed by atoms with Crippen LogP contribution < -0.4 is 5.32 Å². The molecule has 0 bridgehead atoms. The second kappa shape index (κ2) is 9.19. The van der Waals surface area contributed by atoms with Crippen LogP contribution in [0.5, 0.6) is 0 Å². The van der Waals surface area contributed by atoms with E-state index in [1.807, 2.05) is 11.0 Å². The van der Waals surface area contributed by atoms with Gasteiger partial charge in [0.2, 0.25) is 5.82 Å². The number of urea groups is 1. The zero-order valence-electron chi connectivity index (χ0n) is 20.1. The molecule has 1 N–H and O–H groups in total. The van der Waals surface area contributed by atoms with E-state index in [-0.39, 0.29) is 11.8 Å². The van der Waals surface area contributed by atoms with Crippen molar-refractivity contribution in [2.75, 3.05) is 39.3 Å². The van der Waals surface area contributed by atoms with Crippen LogP contribution in [-0.2, 0) is 7.05 Å². The number of tetrazole rings is 1. The Hall–Kier alpha value is -4.05. The van der Waals surface area contributed by atoms with Gasteiger partial charge in [-0.25, -0.2) is 9.18 Å². The molecule has 2 aromatic heterocycles. The Balaban J connectivity index is 1.33. The molecular formula is C26H27FN8O. The Morgan fingerprint density at radius 1 is 1.08 bits per heavy atom. The van der Waals surface area contributed by atoms with Crippen LogP contribution in [-0.4, -0.2) is 79.9 Å². The number of nitrogens with one attached hydrogen (secondary N) is 1. The van der Waals surface area contributed by atoms with Crippen molar-refractivity contribution in [3.8, 4) is 17.1 Å². The number of aromatic nitrogens is 5. The molecule has 0 spiro atoms. The average Bonchev–Trinajstić information content (AvgIpc) is 3.62. The molecule has 0 unspecified atom stereocenters. The number of benzene rings is 2. The monoisotopic (exact) mass is 486 g/mol. The fourth-order valence-corrected chi connectivity index (χ4v) is 4.99. The maximum Gasteiger partial charge on any atom is 0.317 e. The second-order valence-corrected chi connectivity index (χ2v) is 9.22. The van der Waals surface area contributed by atoms with Crippen molar-refractivity contribution in [1.29, 1.82) is 0 Å². The maximum atomic E-state index is 13.6. The Kier molecular flexibility index (Phi) is 5.73. The lowest BCUT2D eigenvalue weighted by Gasteiger charge is -2.28. The summed E-state index contributed by atoms with van der Waals surface area (Å²) in [5.41, 5.74) is 5.27. The summed E-state index contributed by atoms with van der Waals surface area (Å²) in [5, 5.41) is 16.5. The zero-order valence-corrected chi connectivity index (χ0v) is 20.1. The van der Waals surface area contributed by atoms with Gasteiger partial charge in [-0.3, -0.25) is 4.90 Å². The Morgan fingerprint density at radius 2 is 1.94 bits per heavy atom. The summed E-state index contributed by atoms with van der Waals surface area (Å²) < 4.78 is 15.7. The smallest absolute Gasteiger partial charge is 0.317 e.